The molecule has 0 aliphatic heterocycles. The fraction of sp³-hybridized carbons (Fsp3) is 0.588. The molecule has 0 aliphatic rings. The average molecular weight is 278 g/mol. The van der Waals surface area contributed by atoms with E-state index in [0.29, 0.717) is 12.5 Å². The summed E-state index contributed by atoms with van der Waals surface area (Å²) in [5, 5.41) is 8.38. The lowest BCUT2D eigenvalue weighted by Crippen LogP contribution is -2.02. The van der Waals surface area contributed by atoms with Crippen LogP contribution in [0.1, 0.15) is 63.4 Å². The molecule has 0 heterocycles. The molecule has 0 bridgehead atoms. The highest BCUT2D eigenvalue weighted by Crippen LogP contribution is 2.27. The molecule has 0 spiro atoms. The minimum Gasteiger partial charge on any atom is -0.450 e. The maximum atomic E-state index is 10.2. The smallest absolute Gasteiger partial charge is 0.450 e. The molecule has 1 atom stereocenters. The monoisotopic (exact) mass is 278 g/mol. The van der Waals surface area contributed by atoms with Gasteiger partial charge in [-0.25, -0.2) is 4.79 Å². The van der Waals surface area contributed by atoms with Crippen molar-refractivity contribution in [3.8, 4) is 0 Å². The topological polar surface area (TPSA) is 46.5 Å². The summed E-state index contributed by atoms with van der Waals surface area (Å²) >= 11 is 0. The standard InChI is InChI=1S/C17H26O3/c1-2-3-10-15(16-11-6-4-7-12-16)13-8-5-9-14-20-17(18)19/h4,6-7,11-12,15H,2-3,5,8-10,13-14H2,1H3,(H,18,19). The van der Waals surface area contributed by atoms with Crippen LogP contribution in [0.5, 0.6) is 0 Å². The van der Waals surface area contributed by atoms with E-state index in [1.807, 2.05) is 0 Å². The van der Waals surface area contributed by atoms with Crippen LogP contribution in [0.2, 0.25) is 0 Å². The van der Waals surface area contributed by atoms with Crippen LogP contribution in [0.15, 0.2) is 30.3 Å². The van der Waals surface area contributed by atoms with Gasteiger partial charge in [0.2, 0.25) is 0 Å². The van der Waals surface area contributed by atoms with Crippen molar-refractivity contribution >= 4 is 6.16 Å². The van der Waals surface area contributed by atoms with Crippen molar-refractivity contribution in [3.63, 3.8) is 0 Å². The number of benzene rings is 1. The number of hydrogen-bond donors (Lipinski definition) is 1. The molecule has 112 valence electrons. The zero-order valence-corrected chi connectivity index (χ0v) is 12.4. The molecule has 1 rings (SSSR count). The maximum Gasteiger partial charge on any atom is 0.505 e. The van der Waals surface area contributed by atoms with E-state index in [1.54, 1.807) is 0 Å². The Morgan fingerprint density at radius 2 is 1.80 bits per heavy atom. The van der Waals surface area contributed by atoms with E-state index in [2.05, 4.69) is 42.0 Å². The van der Waals surface area contributed by atoms with E-state index < -0.39 is 6.16 Å². The Balaban J connectivity index is 2.29. The summed E-state index contributed by atoms with van der Waals surface area (Å²) in [6.45, 7) is 2.55. The van der Waals surface area contributed by atoms with E-state index in [1.165, 1.54) is 31.2 Å². The van der Waals surface area contributed by atoms with Crippen molar-refractivity contribution in [1.82, 2.24) is 0 Å². The minimum absolute atomic E-state index is 0.320. The fourth-order valence-corrected chi connectivity index (χ4v) is 2.48. The van der Waals surface area contributed by atoms with Gasteiger partial charge in [0.15, 0.2) is 0 Å². The third-order valence-electron chi connectivity index (χ3n) is 3.60. The Labute approximate surface area is 122 Å². The number of carboxylic acid groups (broad SMARTS) is 1. The quantitative estimate of drug-likeness (QED) is 0.471. The van der Waals surface area contributed by atoms with E-state index >= 15 is 0 Å². The molecule has 1 N–H and O–H groups in total. The second-order valence-corrected chi connectivity index (χ2v) is 5.21. The molecule has 0 fully saturated rings. The van der Waals surface area contributed by atoms with E-state index in [-0.39, 0.29) is 0 Å². The van der Waals surface area contributed by atoms with Gasteiger partial charge in [0.1, 0.15) is 0 Å². The molecule has 20 heavy (non-hydrogen) atoms. The van der Waals surface area contributed by atoms with Crippen molar-refractivity contribution < 1.29 is 14.6 Å². The number of hydrogen-bond acceptors (Lipinski definition) is 2. The summed E-state index contributed by atoms with van der Waals surface area (Å²) in [6, 6.07) is 10.7. The fourth-order valence-electron chi connectivity index (χ4n) is 2.48. The van der Waals surface area contributed by atoms with Gasteiger partial charge in [-0.2, -0.15) is 0 Å². The second kappa shape index (κ2) is 10.3. The number of carbonyl (C=O) groups is 1. The molecule has 0 saturated heterocycles. The molecule has 0 radical (unpaired) electrons. The molecular formula is C17H26O3. The van der Waals surface area contributed by atoms with Crippen LogP contribution in [-0.2, 0) is 4.74 Å². The van der Waals surface area contributed by atoms with Crippen LogP contribution in [-0.4, -0.2) is 17.9 Å². The summed E-state index contributed by atoms with van der Waals surface area (Å²) in [7, 11) is 0. The predicted octanol–water partition coefficient (Wildman–Crippen LogP) is 5.22. The van der Waals surface area contributed by atoms with Crippen molar-refractivity contribution in [2.75, 3.05) is 6.61 Å². The molecule has 3 nitrogen and oxygen atoms in total. The van der Waals surface area contributed by atoms with Crippen LogP contribution in [0.3, 0.4) is 0 Å². The molecule has 0 aromatic heterocycles. The van der Waals surface area contributed by atoms with Gasteiger partial charge >= 0.3 is 6.16 Å². The average Bonchev–Trinajstić information content (AvgIpc) is 2.46. The normalized spacial score (nSPS) is 12.1. The summed E-state index contributed by atoms with van der Waals surface area (Å²) in [5.41, 5.74) is 1.43. The second-order valence-electron chi connectivity index (χ2n) is 5.21. The Morgan fingerprint density at radius 1 is 1.10 bits per heavy atom. The Kier molecular flexibility index (Phi) is 8.52. The molecule has 0 saturated carbocycles. The zero-order chi connectivity index (χ0) is 14.6. The Hall–Kier alpha value is -1.51. The van der Waals surface area contributed by atoms with Crippen LogP contribution in [0, 0.1) is 0 Å². The van der Waals surface area contributed by atoms with Crippen molar-refractivity contribution in [3.05, 3.63) is 35.9 Å². The summed E-state index contributed by atoms with van der Waals surface area (Å²) in [4.78, 5) is 10.2. The van der Waals surface area contributed by atoms with Gasteiger partial charge in [0.25, 0.3) is 0 Å². The van der Waals surface area contributed by atoms with Crippen molar-refractivity contribution in [1.29, 1.82) is 0 Å². The highest BCUT2D eigenvalue weighted by molar-refractivity contribution is 5.56. The maximum absolute atomic E-state index is 10.2. The van der Waals surface area contributed by atoms with Crippen LogP contribution in [0.25, 0.3) is 0 Å². The molecule has 0 amide bonds. The third kappa shape index (κ3) is 7.17. The molecule has 3 heteroatoms. The van der Waals surface area contributed by atoms with Gasteiger partial charge in [-0.3, -0.25) is 0 Å². The lowest BCUT2D eigenvalue weighted by atomic mass is 9.89. The largest absolute Gasteiger partial charge is 0.505 e. The van der Waals surface area contributed by atoms with Crippen LogP contribution in [0.4, 0.5) is 4.79 Å². The highest BCUT2D eigenvalue weighted by atomic mass is 16.7. The number of unbranched alkanes of at least 4 members (excludes halogenated alkanes) is 3. The van der Waals surface area contributed by atoms with E-state index in [9.17, 15) is 4.79 Å². The van der Waals surface area contributed by atoms with Gasteiger partial charge in [-0.05, 0) is 30.7 Å². The van der Waals surface area contributed by atoms with Gasteiger partial charge in [-0.1, -0.05) is 62.9 Å². The number of ether oxygens (including phenoxy) is 1. The predicted molar refractivity (Wildman–Crippen MR) is 81.2 cm³/mol. The first-order valence-electron chi connectivity index (χ1n) is 7.64. The van der Waals surface area contributed by atoms with Gasteiger partial charge in [0.05, 0.1) is 6.61 Å². The third-order valence-corrected chi connectivity index (χ3v) is 3.60. The van der Waals surface area contributed by atoms with Gasteiger partial charge < -0.3 is 9.84 Å². The van der Waals surface area contributed by atoms with Gasteiger partial charge in [0, 0.05) is 0 Å². The SMILES string of the molecule is CCCCC(CCCCCOC(=O)O)c1ccccc1. The molecule has 1 aromatic carbocycles. The van der Waals surface area contributed by atoms with Crippen molar-refractivity contribution in [2.24, 2.45) is 0 Å². The zero-order valence-electron chi connectivity index (χ0n) is 12.4. The van der Waals surface area contributed by atoms with E-state index in [4.69, 9.17) is 5.11 Å². The lowest BCUT2D eigenvalue weighted by Gasteiger charge is -2.17. The lowest BCUT2D eigenvalue weighted by molar-refractivity contribution is 0.0899. The Bertz CT molecular complexity index is 362. The molecule has 0 aliphatic carbocycles. The van der Waals surface area contributed by atoms with Gasteiger partial charge in [-0.15, -0.1) is 0 Å². The molecule has 1 aromatic rings. The Morgan fingerprint density at radius 3 is 2.45 bits per heavy atom. The van der Waals surface area contributed by atoms with E-state index in [0.717, 1.165) is 19.3 Å². The minimum atomic E-state index is -1.17. The molecule has 1 unspecified atom stereocenters. The summed E-state index contributed by atoms with van der Waals surface area (Å²) < 4.78 is 4.52. The molecular weight excluding hydrogens is 252 g/mol. The number of rotatable bonds is 10. The van der Waals surface area contributed by atoms with Crippen LogP contribution >= 0.6 is 0 Å². The van der Waals surface area contributed by atoms with Crippen molar-refractivity contribution in [2.45, 2.75) is 57.8 Å². The highest BCUT2D eigenvalue weighted by Gasteiger charge is 2.10. The summed E-state index contributed by atoms with van der Waals surface area (Å²) in [5.74, 6) is 0.636. The first-order chi connectivity index (χ1) is 9.74. The first kappa shape index (κ1) is 16.5. The summed E-state index contributed by atoms with van der Waals surface area (Å²) in [6.07, 6.45) is 6.73. The van der Waals surface area contributed by atoms with Crippen LogP contribution < -0.4 is 0 Å². The first-order valence-corrected chi connectivity index (χ1v) is 7.64.